The quantitative estimate of drug-likeness (QED) is 0.825. The Labute approximate surface area is 171 Å². The molecule has 3 aliphatic rings. The van der Waals surface area contributed by atoms with Gasteiger partial charge in [-0.1, -0.05) is 12.1 Å². The van der Waals surface area contributed by atoms with Crippen LogP contribution in [0.2, 0.25) is 0 Å². The monoisotopic (exact) mass is 402 g/mol. The van der Waals surface area contributed by atoms with Crippen LogP contribution in [0.15, 0.2) is 24.3 Å². The lowest BCUT2D eigenvalue weighted by Gasteiger charge is -2.38. The van der Waals surface area contributed by atoms with Crippen molar-refractivity contribution in [2.45, 2.75) is 25.8 Å². The van der Waals surface area contributed by atoms with Crippen molar-refractivity contribution in [3.05, 3.63) is 29.8 Å². The molecule has 29 heavy (non-hydrogen) atoms. The van der Waals surface area contributed by atoms with Crippen LogP contribution in [0.5, 0.6) is 5.75 Å². The first-order valence-electron chi connectivity index (χ1n) is 10.4. The molecule has 7 nitrogen and oxygen atoms in total. The van der Waals surface area contributed by atoms with Crippen molar-refractivity contribution in [1.82, 2.24) is 9.80 Å². The Hall–Kier alpha value is -2.12. The summed E-state index contributed by atoms with van der Waals surface area (Å²) >= 11 is 0. The molecular formula is C22H30N2O5. The number of carbonyl (C=O) groups is 2. The zero-order chi connectivity index (χ0) is 20.6. The minimum Gasteiger partial charge on any atom is -0.497 e. The summed E-state index contributed by atoms with van der Waals surface area (Å²) in [4.78, 5) is 29.5. The molecule has 0 saturated carbocycles. The molecule has 3 heterocycles. The van der Waals surface area contributed by atoms with E-state index in [-0.39, 0.29) is 36.3 Å². The van der Waals surface area contributed by atoms with Crippen LogP contribution in [0, 0.1) is 17.3 Å². The molecule has 0 unspecified atom stereocenters. The summed E-state index contributed by atoms with van der Waals surface area (Å²) in [7, 11) is 1.64. The first kappa shape index (κ1) is 20.2. The zero-order valence-electron chi connectivity index (χ0n) is 17.2. The maximum Gasteiger partial charge on any atom is 0.231 e. The van der Waals surface area contributed by atoms with E-state index in [0.29, 0.717) is 45.7 Å². The molecule has 1 aromatic rings. The van der Waals surface area contributed by atoms with Gasteiger partial charge in [-0.25, -0.2) is 0 Å². The van der Waals surface area contributed by atoms with Gasteiger partial charge in [0.1, 0.15) is 5.75 Å². The third kappa shape index (κ3) is 3.51. The molecule has 4 rings (SSSR count). The molecule has 1 aromatic carbocycles. The SMILES string of the molecule is COc1ccc([C@H]2[C@@H]3CN(C(=O)C4(CO)CCOCC4)C[C@@H]3CN2C(C)=O)cc1. The lowest BCUT2D eigenvalue weighted by molar-refractivity contribution is -0.151. The fraction of sp³-hybridized carbons (Fsp3) is 0.636. The molecule has 158 valence electrons. The number of hydrogen-bond donors (Lipinski definition) is 1. The summed E-state index contributed by atoms with van der Waals surface area (Å²) in [6.07, 6.45) is 1.13. The third-order valence-electron chi connectivity index (χ3n) is 7.02. The molecule has 0 aliphatic carbocycles. The van der Waals surface area contributed by atoms with E-state index in [1.54, 1.807) is 14.0 Å². The highest BCUT2D eigenvalue weighted by Crippen LogP contribution is 2.46. The second kappa shape index (κ2) is 7.95. The summed E-state index contributed by atoms with van der Waals surface area (Å²) in [5.41, 5.74) is 0.359. The number of aliphatic hydroxyl groups excluding tert-OH is 1. The normalized spacial score (nSPS) is 28.3. The van der Waals surface area contributed by atoms with Crippen molar-refractivity contribution in [1.29, 1.82) is 0 Å². The van der Waals surface area contributed by atoms with Gasteiger partial charge in [-0.05, 0) is 30.5 Å². The minimum atomic E-state index is -0.716. The summed E-state index contributed by atoms with van der Waals surface area (Å²) in [6, 6.07) is 7.82. The number of nitrogens with zero attached hydrogens (tertiary/aromatic N) is 2. The summed E-state index contributed by atoms with van der Waals surface area (Å²) < 4.78 is 10.7. The molecule has 0 bridgehead atoms. The molecule has 7 heteroatoms. The van der Waals surface area contributed by atoms with E-state index in [1.165, 1.54) is 0 Å². The Morgan fingerprint density at radius 3 is 2.45 bits per heavy atom. The van der Waals surface area contributed by atoms with Crippen molar-refractivity contribution in [3.63, 3.8) is 0 Å². The molecule has 3 atom stereocenters. The highest BCUT2D eigenvalue weighted by atomic mass is 16.5. The number of likely N-dealkylation sites (tertiary alicyclic amines) is 2. The fourth-order valence-corrected chi connectivity index (χ4v) is 5.30. The van der Waals surface area contributed by atoms with E-state index < -0.39 is 5.41 Å². The number of benzene rings is 1. The van der Waals surface area contributed by atoms with Gasteiger partial charge >= 0.3 is 0 Å². The average molecular weight is 402 g/mol. The number of fused-ring (bicyclic) bond motifs is 1. The van der Waals surface area contributed by atoms with Gasteiger partial charge in [-0.3, -0.25) is 9.59 Å². The number of aliphatic hydroxyl groups is 1. The van der Waals surface area contributed by atoms with Crippen LogP contribution in [0.3, 0.4) is 0 Å². The fourth-order valence-electron chi connectivity index (χ4n) is 5.30. The molecule has 3 fully saturated rings. The van der Waals surface area contributed by atoms with Crippen molar-refractivity contribution in [3.8, 4) is 5.75 Å². The number of hydrogen-bond acceptors (Lipinski definition) is 5. The number of carbonyl (C=O) groups excluding carboxylic acids is 2. The van der Waals surface area contributed by atoms with Gasteiger partial charge in [0.25, 0.3) is 0 Å². The second-order valence-electron chi connectivity index (χ2n) is 8.57. The molecule has 2 amide bonds. The summed E-state index contributed by atoms with van der Waals surface area (Å²) in [5.74, 6) is 1.34. The van der Waals surface area contributed by atoms with Gasteiger partial charge < -0.3 is 24.4 Å². The predicted octanol–water partition coefficient (Wildman–Crippen LogP) is 1.46. The van der Waals surface area contributed by atoms with Crippen LogP contribution < -0.4 is 4.74 Å². The molecule has 0 spiro atoms. The Kier molecular flexibility index (Phi) is 5.53. The highest BCUT2D eigenvalue weighted by Gasteiger charge is 2.52. The van der Waals surface area contributed by atoms with Gasteiger partial charge in [0.05, 0.1) is 25.2 Å². The van der Waals surface area contributed by atoms with Crippen LogP contribution in [-0.2, 0) is 14.3 Å². The van der Waals surface area contributed by atoms with Crippen LogP contribution in [0.4, 0.5) is 0 Å². The van der Waals surface area contributed by atoms with Crippen molar-refractivity contribution >= 4 is 11.8 Å². The first-order valence-corrected chi connectivity index (χ1v) is 10.4. The Morgan fingerprint density at radius 2 is 1.86 bits per heavy atom. The summed E-state index contributed by atoms with van der Waals surface area (Å²) in [5, 5.41) is 10.0. The van der Waals surface area contributed by atoms with Crippen LogP contribution in [0.1, 0.15) is 31.4 Å². The van der Waals surface area contributed by atoms with Crippen LogP contribution in [0.25, 0.3) is 0 Å². The van der Waals surface area contributed by atoms with Crippen molar-refractivity contribution in [2.24, 2.45) is 17.3 Å². The zero-order valence-corrected chi connectivity index (χ0v) is 17.2. The number of amides is 2. The topological polar surface area (TPSA) is 79.3 Å². The summed E-state index contributed by atoms with van der Waals surface area (Å²) in [6.45, 7) is 4.43. The molecule has 0 aromatic heterocycles. The van der Waals surface area contributed by atoms with Crippen molar-refractivity contribution < 1.29 is 24.2 Å². The number of rotatable bonds is 4. The van der Waals surface area contributed by atoms with Crippen LogP contribution >= 0.6 is 0 Å². The Morgan fingerprint density at radius 1 is 1.17 bits per heavy atom. The minimum absolute atomic E-state index is 0.0408. The van der Waals surface area contributed by atoms with E-state index in [2.05, 4.69) is 0 Å². The molecular weight excluding hydrogens is 372 g/mol. The lowest BCUT2D eigenvalue weighted by Crippen LogP contribution is -2.49. The molecule has 3 aliphatic heterocycles. The molecule has 3 saturated heterocycles. The van der Waals surface area contributed by atoms with E-state index in [0.717, 1.165) is 11.3 Å². The van der Waals surface area contributed by atoms with E-state index in [1.807, 2.05) is 34.1 Å². The molecule has 0 radical (unpaired) electrons. The average Bonchev–Trinajstić information content (AvgIpc) is 3.32. The number of ether oxygens (including phenoxy) is 2. The number of methoxy groups -OCH3 is 1. The van der Waals surface area contributed by atoms with Crippen LogP contribution in [-0.4, -0.2) is 73.3 Å². The van der Waals surface area contributed by atoms with Gasteiger partial charge in [0, 0.05) is 51.6 Å². The molecule has 1 N–H and O–H groups in total. The maximum absolute atomic E-state index is 13.3. The predicted molar refractivity (Wildman–Crippen MR) is 106 cm³/mol. The standard InChI is InChI=1S/C22H30N2O5/c1-15(26)24-12-17-11-23(21(27)22(14-25)7-9-29-10-8-22)13-19(17)20(24)16-3-5-18(28-2)6-4-16/h3-6,17,19-20,25H,7-14H2,1-2H3/t17-,19-,20+/m1/s1. The largest absolute Gasteiger partial charge is 0.497 e. The van der Waals surface area contributed by atoms with Gasteiger partial charge in [0.15, 0.2) is 0 Å². The Bertz CT molecular complexity index is 759. The van der Waals surface area contributed by atoms with Gasteiger partial charge in [-0.2, -0.15) is 0 Å². The van der Waals surface area contributed by atoms with Crippen molar-refractivity contribution in [2.75, 3.05) is 46.6 Å². The highest BCUT2D eigenvalue weighted by molar-refractivity contribution is 5.83. The van der Waals surface area contributed by atoms with E-state index in [4.69, 9.17) is 9.47 Å². The third-order valence-corrected chi connectivity index (χ3v) is 7.02. The maximum atomic E-state index is 13.3. The van der Waals surface area contributed by atoms with E-state index >= 15 is 0 Å². The first-order chi connectivity index (χ1) is 14.0. The second-order valence-corrected chi connectivity index (χ2v) is 8.57. The van der Waals surface area contributed by atoms with E-state index in [9.17, 15) is 14.7 Å². The lowest BCUT2D eigenvalue weighted by atomic mass is 9.79. The van der Waals surface area contributed by atoms with Gasteiger partial charge in [0.2, 0.25) is 11.8 Å². The Balaban J connectivity index is 1.56. The smallest absolute Gasteiger partial charge is 0.231 e. The van der Waals surface area contributed by atoms with Gasteiger partial charge in [-0.15, -0.1) is 0 Å².